The molecular formula is C22H13ClN4. The summed E-state index contributed by atoms with van der Waals surface area (Å²) in [5.74, 6) is 0.793. The van der Waals surface area contributed by atoms with E-state index in [1.165, 1.54) is 0 Å². The third-order valence-electron chi connectivity index (χ3n) is 4.79. The van der Waals surface area contributed by atoms with E-state index in [-0.39, 0.29) is 0 Å². The molecule has 2 aliphatic rings. The Morgan fingerprint density at radius 1 is 1.07 bits per heavy atom. The Bertz CT molecular complexity index is 1270. The molecule has 3 heterocycles. The molecule has 0 saturated carbocycles. The van der Waals surface area contributed by atoms with Crippen LogP contribution in [0.2, 0.25) is 5.15 Å². The van der Waals surface area contributed by atoms with Crippen molar-refractivity contribution in [3.63, 3.8) is 0 Å². The minimum atomic E-state index is 0.441. The van der Waals surface area contributed by atoms with Gasteiger partial charge in [0.1, 0.15) is 17.1 Å². The van der Waals surface area contributed by atoms with E-state index in [2.05, 4.69) is 35.3 Å². The molecule has 0 aliphatic carbocycles. The Kier molecular flexibility index (Phi) is 3.56. The van der Waals surface area contributed by atoms with Crippen LogP contribution in [0.1, 0.15) is 5.56 Å². The van der Waals surface area contributed by atoms with Gasteiger partial charge in [0, 0.05) is 29.1 Å². The Labute approximate surface area is 161 Å². The molecule has 5 rings (SSSR count). The average Bonchev–Trinajstić information content (AvgIpc) is 2.72. The van der Waals surface area contributed by atoms with Crippen molar-refractivity contribution in [2.45, 2.75) is 0 Å². The number of hydrogen-bond donors (Lipinski definition) is 0. The summed E-state index contributed by atoms with van der Waals surface area (Å²) in [6, 6.07) is 16.5. The molecule has 0 radical (unpaired) electrons. The molecule has 0 N–H and O–H groups in total. The maximum absolute atomic E-state index is 9.05. The van der Waals surface area contributed by atoms with E-state index in [4.69, 9.17) is 21.9 Å². The molecule has 0 unspecified atom stereocenters. The fourth-order valence-corrected chi connectivity index (χ4v) is 3.68. The number of amidine groups is 1. The van der Waals surface area contributed by atoms with Crippen molar-refractivity contribution in [3.8, 4) is 6.07 Å². The number of aromatic nitrogens is 1. The van der Waals surface area contributed by atoms with Crippen LogP contribution in [-0.4, -0.2) is 22.3 Å². The maximum atomic E-state index is 9.05. The summed E-state index contributed by atoms with van der Waals surface area (Å²) in [4.78, 5) is 11.3. The van der Waals surface area contributed by atoms with Gasteiger partial charge in [-0.05, 0) is 29.7 Å². The molecule has 0 spiro atoms. The molecule has 5 heteroatoms. The number of pyridine rings is 1. The quantitative estimate of drug-likeness (QED) is 0.445. The second-order valence-corrected chi connectivity index (χ2v) is 6.78. The lowest BCUT2D eigenvalue weighted by Gasteiger charge is -2.26. The maximum Gasteiger partial charge on any atom is 0.139 e. The zero-order chi connectivity index (χ0) is 18.4. The number of halogens is 1. The molecular weight excluding hydrogens is 356 g/mol. The molecule has 0 atom stereocenters. The highest BCUT2D eigenvalue weighted by atomic mass is 35.5. The number of aliphatic imine (C=N–C) groups is 1. The number of hydrogen-bond acceptors (Lipinski definition) is 4. The van der Waals surface area contributed by atoms with Crippen molar-refractivity contribution < 1.29 is 0 Å². The molecule has 0 amide bonds. The molecule has 2 aromatic carbocycles. The lowest BCUT2D eigenvalue weighted by Crippen LogP contribution is -2.29. The minimum absolute atomic E-state index is 0.441. The summed E-state index contributed by atoms with van der Waals surface area (Å²) in [5, 5.41) is 12.7. The van der Waals surface area contributed by atoms with Crippen LogP contribution in [0.5, 0.6) is 0 Å². The monoisotopic (exact) mass is 368 g/mol. The molecule has 128 valence electrons. The molecule has 27 heavy (non-hydrogen) atoms. The third kappa shape index (κ3) is 2.61. The van der Waals surface area contributed by atoms with Gasteiger partial charge in [0.15, 0.2) is 0 Å². The number of nitrogens with zero attached hydrogens (tertiary/aromatic N) is 4. The number of nitriles is 1. The predicted octanol–water partition coefficient (Wildman–Crippen LogP) is 5.07. The van der Waals surface area contributed by atoms with Crippen LogP contribution in [0.15, 0.2) is 77.5 Å². The largest absolute Gasteiger partial charge is 0.328 e. The van der Waals surface area contributed by atoms with E-state index < -0.39 is 0 Å². The zero-order valence-corrected chi connectivity index (χ0v) is 15.0. The number of rotatable bonds is 1. The molecule has 2 aliphatic heterocycles. The van der Waals surface area contributed by atoms with Crippen molar-refractivity contribution in [1.29, 1.82) is 5.26 Å². The molecule has 1 aromatic heterocycles. The van der Waals surface area contributed by atoms with Crippen molar-refractivity contribution >= 4 is 44.8 Å². The van der Waals surface area contributed by atoms with Crippen LogP contribution >= 0.6 is 11.6 Å². The highest BCUT2D eigenvalue weighted by molar-refractivity contribution is 6.32. The van der Waals surface area contributed by atoms with Crippen molar-refractivity contribution in [1.82, 2.24) is 9.88 Å². The SMILES string of the molecule is N#CC1=CN2CC=C(c3cc4ccc5ccccc5c4nc3Cl)N=C2C=C1. The number of fused-ring (bicyclic) bond motifs is 4. The Hall–Kier alpha value is -3.42. The first-order valence-corrected chi connectivity index (χ1v) is 8.94. The second kappa shape index (κ2) is 6.08. The summed E-state index contributed by atoms with van der Waals surface area (Å²) in [6.45, 7) is 0.635. The topological polar surface area (TPSA) is 52.3 Å². The smallest absolute Gasteiger partial charge is 0.139 e. The standard InChI is InChI=1S/C22H13ClN4/c23-22-18(19-9-10-27-13-14(12-24)5-8-20(27)25-19)11-16-7-6-15-3-1-2-4-17(15)21(16)26-22/h1-9,11,13H,10H2. The van der Waals surface area contributed by atoms with Gasteiger partial charge >= 0.3 is 0 Å². The molecule has 0 bridgehead atoms. The van der Waals surface area contributed by atoms with Crippen molar-refractivity contribution in [2.24, 2.45) is 4.99 Å². The number of allylic oxidation sites excluding steroid dienone is 2. The van der Waals surface area contributed by atoms with E-state index >= 15 is 0 Å². The van der Waals surface area contributed by atoms with Crippen LogP contribution in [0, 0.1) is 11.3 Å². The lowest BCUT2D eigenvalue weighted by atomic mass is 10.0. The van der Waals surface area contributed by atoms with Crippen LogP contribution < -0.4 is 0 Å². The van der Waals surface area contributed by atoms with E-state index in [0.29, 0.717) is 17.3 Å². The van der Waals surface area contributed by atoms with E-state index in [1.807, 2.05) is 35.3 Å². The van der Waals surface area contributed by atoms with E-state index in [1.54, 1.807) is 12.3 Å². The van der Waals surface area contributed by atoms with Gasteiger partial charge in [-0.2, -0.15) is 5.26 Å². The highest BCUT2D eigenvalue weighted by Gasteiger charge is 2.19. The number of benzene rings is 2. The first-order chi connectivity index (χ1) is 13.2. The Morgan fingerprint density at radius 2 is 1.93 bits per heavy atom. The van der Waals surface area contributed by atoms with Gasteiger partial charge in [-0.25, -0.2) is 9.98 Å². The van der Waals surface area contributed by atoms with Gasteiger partial charge in [-0.15, -0.1) is 0 Å². The molecule has 0 fully saturated rings. The zero-order valence-electron chi connectivity index (χ0n) is 14.2. The minimum Gasteiger partial charge on any atom is -0.328 e. The Morgan fingerprint density at radius 3 is 2.81 bits per heavy atom. The van der Waals surface area contributed by atoms with E-state index in [9.17, 15) is 0 Å². The molecule has 4 nitrogen and oxygen atoms in total. The summed E-state index contributed by atoms with van der Waals surface area (Å²) in [7, 11) is 0. The van der Waals surface area contributed by atoms with Crippen LogP contribution in [0.4, 0.5) is 0 Å². The van der Waals surface area contributed by atoms with Crippen molar-refractivity contribution in [2.75, 3.05) is 6.54 Å². The highest BCUT2D eigenvalue weighted by Crippen LogP contribution is 2.32. The predicted molar refractivity (Wildman–Crippen MR) is 109 cm³/mol. The first kappa shape index (κ1) is 15.8. The van der Waals surface area contributed by atoms with Gasteiger partial charge < -0.3 is 4.90 Å². The Balaban J connectivity index is 1.61. The summed E-state index contributed by atoms with van der Waals surface area (Å²) < 4.78 is 0. The van der Waals surface area contributed by atoms with Crippen LogP contribution in [0.25, 0.3) is 27.4 Å². The van der Waals surface area contributed by atoms with Crippen molar-refractivity contribution in [3.05, 3.63) is 83.2 Å². The summed E-state index contributed by atoms with van der Waals surface area (Å²) in [5.41, 5.74) is 3.12. The fraction of sp³-hybridized carbons (Fsp3) is 0.0455. The molecule has 3 aromatic rings. The summed E-state index contributed by atoms with van der Waals surface area (Å²) in [6.07, 6.45) is 7.43. The van der Waals surface area contributed by atoms with Gasteiger partial charge in [-0.3, -0.25) is 0 Å². The normalized spacial score (nSPS) is 15.9. The van der Waals surface area contributed by atoms with E-state index in [0.717, 1.165) is 38.8 Å². The third-order valence-corrected chi connectivity index (χ3v) is 5.07. The second-order valence-electron chi connectivity index (χ2n) is 6.43. The average molecular weight is 369 g/mol. The van der Waals surface area contributed by atoms with Gasteiger partial charge in [-0.1, -0.05) is 48.0 Å². The first-order valence-electron chi connectivity index (χ1n) is 8.57. The molecule has 0 saturated heterocycles. The fourth-order valence-electron chi connectivity index (χ4n) is 3.44. The lowest BCUT2D eigenvalue weighted by molar-refractivity contribution is 0.613. The summed E-state index contributed by atoms with van der Waals surface area (Å²) >= 11 is 6.55. The van der Waals surface area contributed by atoms with Crippen LogP contribution in [-0.2, 0) is 0 Å². The van der Waals surface area contributed by atoms with Crippen LogP contribution in [0.3, 0.4) is 0 Å². The van der Waals surface area contributed by atoms with Gasteiger partial charge in [0.2, 0.25) is 0 Å². The van der Waals surface area contributed by atoms with Gasteiger partial charge in [0.05, 0.1) is 16.8 Å². The van der Waals surface area contributed by atoms with Gasteiger partial charge in [0.25, 0.3) is 0 Å².